The summed E-state index contributed by atoms with van der Waals surface area (Å²) in [7, 11) is -3.18. The van der Waals surface area contributed by atoms with Gasteiger partial charge in [-0.05, 0) is 38.5 Å². The van der Waals surface area contributed by atoms with Gasteiger partial charge in [-0.25, -0.2) is 17.4 Å². The number of carbonyl (C=O) groups excluding carboxylic acids is 1. The maximum absolute atomic E-state index is 12.8. The molecular weight excluding hydrogens is 328 g/mol. The minimum absolute atomic E-state index is 0.155. The minimum atomic E-state index is -3.18. The molecule has 1 aromatic rings. The third-order valence-electron chi connectivity index (χ3n) is 5.58. The number of amides is 1. The van der Waals surface area contributed by atoms with Gasteiger partial charge in [0.25, 0.3) is 0 Å². The second kappa shape index (κ2) is 5.29. The van der Waals surface area contributed by atoms with Gasteiger partial charge in [-0.1, -0.05) is 0 Å². The molecule has 4 rings (SSSR count). The fraction of sp³-hybridized carbons (Fsp3) is 0.750. The number of aryl methyl sites for hydroxylation is 1. The highest BCUT2D eigenvalue weighted by atomic mass is 32.2. The highest BCUT2D eigenvalue weighted by molar-refractivity contribution is 7.88. The molecule has 0 unspecified atom stereocenters. The number of piperidine rings is 1. The lowest BCUT2D eigenvalue weighted by Gasteiger charge is -2.46. The smallest absolute Gasteiger partial charge is 0.230 e. The van der Waals surface area contributed by atoms with Gasteiger partial charge in [0.15, 0.2) is 0 Å². The van der Waals surface area contributed by atoms with E-state index in [2.05, 4.69) is 5.10 Å². The first kappa shape index (κ1) is 16.1. The molecule has 8 heteroatoms. The molecule has 2 aliphatic heterocycles. The van der Waals surface area contributed by atoms with E-state index in [1.165, 1.54) is 23.4 Å². The van der Waals surface area contributed by atoms with Gasteiger partial charge in [-0.2, -0.15) is 5.10 Å². The largest absolute Gasteiger partial charge is 0.297 e. The van der Waals surface area contributed by atoms with E-state index in [0.717, 1.165) is 18.1 Å². The number of carbonyl (C=O) groups is 1. The maximum atomic E-state index is 12.8. The van der Waals surface area contributed by atoms with Crippen LogP contribution in [0.25, 0.3) is 0 Å². The Morgan fingerprint density at radius 2 is 1.96 bits per heavy atom. The molecule has 1 spiro atoms. The quantitative estimate of drug-likeness (QED) is 0.816. The van der Waals surface area contributed by atoms with E-state index in [9.17, 15) is 13.2 Å². The Balaban J connectivity index is 1.66. The van der Waals surface area contributed by atoms with Crippen LogP contribution in [0.5, 0.6) is 0 Å². The van der Waals surface area contributed by atoms with E-state index in [0.29, 0.717) is 38.3 Å². The summed E-state index contributed by atoms with van der Waals surface area (Å²) >= 11 is 0. The van der Waals surface area contributed by atoms with Crippen LogP contribution in [-0.4, -0.2) is 54.3 Å². The zero-order valence-electron chi connectivity index (χ0n) is 14.2. The number of hydrogen-bond donors (Lipinski definition) is 0. The number of rotatable bonds is 3. The van der Waals surface area contributed by atoms with Crippen molar-refractivity contribution in [1.29, 1.82) is 0 Å². The molecule has 1 aromatic heterocycles. The van der Waals surface area contributed by atoms with Crippen LogP contribution in [0.15, 0.2) is 6.07 Å². The number of anilines is 1. The van der Waals surface area contributed by atoms with Crippen LogP contribution >= 0.6 is 0 Å². The van der Waals surface area contributed by atoms with Gasteiger partial charge < -0.3 is 0 Å². The maximum Gasteiger partial charge on any atom is 0.230 e. The molecule has 3 aliphatic rings. The van der Waals surface area contributed by atoms with Crippen molar-refractivity contribution in [1.82, 2.24) is 14.1 Å². The van der Waals surface area contributed by atoms with Crippen molar-refractivity contribution in [2.75, 3.05) is 30.8 Å². The molecule has 0 atom stereocenters. The van der Waals surface area contributed by atoms with Crippen molar-refractivity contribution in [3.8, 4) is 0 Å². The Bertz CT molecular complexity index is 773. The van der Waals surface area contributed by atoms with Gasteiger partial charge in [-0.15, -0.1) is 0 Å². The first-order valence-corrected chi connectivity index (χ1v) is 10.5. The molecule has 3 heterocycles. The summed E-state index contributed by atoms with van der Waals surface area (Å²) in [5, 5.41) is 4.68. The summed E-state index contributed by atoms with van der Waals surface area (Å²) in [4.78, 5) is 14.7. The molecule has 0 N–H and O–H groups in total. The number of fused-ring (bicyclic) bond motifs is 2. The van der Waals surface area contributed by atoms with E-state index in [-0.39, 0.29) is 11.4 Å². The number of aromatic nitrogens is 2. The summed E-state index contributed by atoms with van der Waals surface area (Å²) < 4.78 is 27.1. The van der Waals surface area contributed by atoms with Crippen molar-refractivity contribution in [3.63, 3.8) is 0 Å². The summed E-state index contributed by atoms with van der Waals surface area (Å²) in [6.07, 6.45) is 5.34. The predicted molar refractivity (Wildman–Crippen MR) is 90.3 cm³/mol. The molecule has 132 valence electrons. The number of sulfonamides is 1. The van der Waals surface area contributed by atoms with Gasteiger partial charge in [0.1, 0.15) is 5.82 Å². The third kappa shape index (κ3) is 2.65. The lowest BCUT2D eigenvalue weighted by atomic mass is 9.83. The van der Waals surface area contributed by atoms with Crippen molar-refractivity contribution in [3.05, 3.63) is 11.8 Å². The Labute approximate surface area is 142 Å². The van der Waals surface area contributed by atoms with Crippen LogP contribution in [-0.2, 0) is 20.4 Å². The van der Waals surface area contributed by atoms with E-state index < -0.39 is 10.0 Å². The molecule has 1 saturated heterocycles. The standard InChI is InChI=1S/C16H24N4O3S/c1-12-9-14-19(11-13-3-4-13)15(21)10-16(20(14)17-12)5-7-18(8-6-16)24(2,22)23/h9,13H,3-8,10-11H2,1-2H3. The van der Waals surface area contributed by atoms with E-state index in [1.807, 2.05) is 22.6 Å². The Kier molecular flexibility index (Phi) is 3.55. The van der Waals surface area contributed by atoms with E-state index >= 15 is 0 Å². The van der Waals surface area contributed by atoms with Gasteiger partial charge in [0.05, 0.1) is 23.9 Å². The second-order valence-corrected chi connectivity index (χ2v) is 9.55. The predicted octanol–water partition coefficient (Wildman–Crippen LogP) is 1.09. The van der Waals surface area contributed by atoms with Gasteiger partial charge >= 0.3 is 0 Å². The lowest BCUT2D eigenvalue weighted by Crippen LogP contribution is -2.55. The average Bonchev–Trinajstić information content (AvgIpc) is 3.23. The fourth-order valence-corrected chi connectivity index (χ4v) is 4.83. The molecule has 1 amide bonds. The average molecular weight is 352 g/mol. The van der Waals surface area contributed by atoms with Gasteiger partial charge in [0, 0.05) is 25.7 Å². The van der Waals surface area contributed by atoms with E-state index in [1.54, 1.807) is 0 Å². The summed E-state index contributed by atoms with van der Waals surface area (Å²) in [5.74, 6) is 1.67. The second-order valence-electron chi connectivity index (χ2n) is 7.57. The zero-order chi connectivity index (χ0) is 17.1. The van der Waals surface area contributed by atoms with Crippen LogP contribution in [0.3, 0.4) is 0 Å². The summed E-state index contributed by atoms with van der Waals surface area (Å²) in [6.45, 7) is 3.64. The molecule has 0 radical (unpaired) electrons. The Morgan fingerprint density at radius 3 is 2.54 bits per heavy atom. The van der Waals surface area contributed by atoms with Crippen molar-refractivity contribution < 1.29 is 13.2 Å². The van der Waals surface area contributed by atoms with Crippen LogP contribution in [0.1, 0.15) is 37.8 Å². The Morgan fingerprint density at radius 1 is 1.29 bits per heavy atom. The molecule has 24 heavy (non-hydrogen) atoms. The van der Waals surface area contributed by atoms with Crippen LogP contribution in [0.4, 0.5) is 5.82 Å². The molecule has 1 aliphatic carbocycles. The SMILES string of the molecule is Cc1cc2n(n1)C1(CCN(S(C)(=O)=O)CC1)CC(=O)N2CC1CC1. The van der Waals surface area contributed by atoms with Crippen LogP contribution in [0.2, 0.25) is 0 Å². The van der Waals surface area contributed by atoms with Crippen molar-refractivity contribution >= 4 is 21.7 Å². The van der Waals surface area contributed by atoms with Crippen molar-refractivity contribution in [2.24, 2.45) is 5.92 Å². The van der Waals surface area contributed by atoms with Crippen molar-refractivity contribution in [2.45, 2.75) is 44.6 Å². The fourth-order valence-electron chi connectivity index (χ4n) is 3.98. The summed E-state index contributed by atoms with van der Waals surface area (Å²) in [6, 6.07) is 1.99. The van der Waals surface area contributed by atoms with Gasteiger partial charge in [0.2, 0.25) is 15.9 Å². The van der Waals surface area contributed by atoms with Crippen LogP contribution < -0.4 is 4.90 Å². The molecular formula is C16H24N4O3S. The molecule has 1 saturated carbocycles. The molecule has 0 bridgehead atoms. The van der Waals surface area contributed by atoms with E-state index in [4.69, 9.17) is 0 Å². The van der Waals surface area contributed by atoms with Gasteiger partial charge in [-0.3, -0.25) is 9.69 Å². The highest BCUT2D eigenvalue weighted by Crippen LogP contribution is 2.43. The minimum Gasteiger partial charge on any atom is -0.297 e. The number of nitrogens with zero attached hydrogens (tertiary/aromatic N) is 4. The molecule has 0 aromatic carbocycles. The first-order valence-electron chi connectivity index (χ1n) is 8.61. The Hall–Kier alpha value is -1.41. The third-order valence-corrected chi connectivity index (χ3v) is 6.88. The zero-order valence-corrected chi connectivity index (χ0v) is 15.0. The normalized spacial score (nSPS) is 24.4. The highest BCUT2D eigenvalue weighted by Gasteiger charge is 2.47. The monoisotopic (exact) mass is 352 g/mol. The first-order chi connectivity index (χ1) is 11.3. The van der Waals surface area contributed by atoms with Crippen LogP contribution in [0, 0.1) is 12.8 Å². The molecule has 2 fully saturated rings. The summed E-state index contributed by atoms with van der Waals surface area (Å²) in [5.41, 5.74) is 0.535. The number of hydrogen-bond acceptors (Lipinski definition) is 4. The molecule has 7 nitrogen and oxygen atoms in total. The lowest BCUT2D eigenvalue weighted by molar-refractivity contribution is -0.122. The topological polar surface area (TPSA) is 75.5 Å².